The first kappa shape index (κ1) is 15.5. The predicted octanol–water partition coefficient (Wildman–Crippen LogP) is 1.88. The Labute approximate surface area is 132 Å². The van der Waals surface area contributed by atoms with Crippen molar-refractivity contribution in [3.63, 3.8) is 0 Å². The van der Waals surface area contributed by atoms with Crippen LogP contribution in [-0.4, -0.2) is 41.1 Å². The number of benzene rings is 1. The van der Waals surface area contributed by atoms with Gasteiger partial charge in [0.2, 0.25) is 5.91 Å². The summed E-state index contributed by atoms with van der Waals surface area (Å²) in [6, 6.07) is 8.30. The van der Waals surface area contributed by atoms with Crippen molar-refractivity contribution in [2.45, 2.75) is 51.3 Å². The van der Waals surface area contributed by atoms with Crippen LogP contribution in [0.25, 0.3) is 0 Å². The SMILES string of the molecule is CC(C)N1CCC(C(=O)NC2c3ccccc3CC2O)CC1. The summed E-state index contributed by atoms with van der Waals surface area (Å²) in [5, 5.41) is 13.3. The zero-order valence-electron chi connectivity index (χ0n) is 13.5. The van der Waals surface area contributed by atoms with Gasteiger partial charge in [-0.2, -0.15) is 0 Å². The van der Waals surface area contributed by atoms with Crippen molar-refractivity contribution in [1.29, 1.82) is 0 Å². The van der Waals surface area contributed by atoms with E-state index in [1.54, 1.807) is 0 Å². The van der Waals surface area contributed by atoms with E-state index < -0.39 is 6.10 Å². The molecule has 0 radical (unpaired) electrons. The number of hydrogen-bond acceptors (Lipinski definition) is 3. The van der Waals surface area contributed by atoms with Gasteiger partial charge in [-0.15, -0.1) is 0 Å². The van der Waals surface area contributed by atoms with Crippen LogP contribution in [0.5, 0.6) is 0 Å². The minimum atomic E-state index is -0.503. The minimum absolute atomic E-state index is 0.0787. The van der Waals surface area contributed by atoms with Crippen LogP contribution in [0.15, 0.2) is 24.3 Å². The minimum Gasteiger partial charge on any atom is -0.390 e. The first-order valence-electron chi connectivity index (χ1n) is 8.36. The fraction of sp³-hybridized carbons (Fsp3) is 0.611. The van der Waals surface area contributed by atoms with Crippen LogP contribution in [0.4, 0.5) is 0 Å². The van der Waals surface area contributed by atoms with E-state index in [0.29, 0.717) is 12.5 Å². The molecule has 0 spiro atoms. The van der Waals surface area contributed by atoms with Gasteiger partial charge in [0.1, 0.15) is 0 Å². The average molecular weight is 302 g/mol. The van der Waals surface area contributed by atoms with Gasteiger partial charge in [-0.25, -0.2) is 0 Å². The van der Waals surface area contributed by atoms with Crippen LogP contribution in [0.2, 0.25) is 0 Å². The number of hydrogen-bond donors (Lipinski definition) is 2. The van der Waals surface area contributed by atoms with Crippen LogP contribution in [-0.2, 0) is 11.2 Å². The highest BCUT2D eigenvalue weighted by molar-refractivity contribution is 5.79. The molecule has 4 heteroatoms. The molecule has 0 bridgehead atoms. The molecule has 1 heterocycles. The summed E-state index contributed by atoms with van der Waals surface area (Å²) in [4.78, 5) is 15.0. The second-order valence-electron chi connectivity index (χ2n) is 6.86. The summed E-state index contributed by atoms with van der Waals surface area (Å²) in [6.45, 7) is 6.37. The van der Waals surface area contributed by atoms with Crippen molar-refractivity contribution < 1.29 is 9.90 Å². The predicted molar refractivity (Wildman–Crippen MR) is 86.5 cm³/mol. The topological polar surface area (TPSA) is 52.6 Å². The molecule has 1 amide bonds. The Morgan fingerprint density at radius 3 is 2.64 bits per heavy atom. The normalized spacial score (nSPS) is 26.2. The van der Waals surface area contributed by atoms with Gasteiger partial charge in [0, 0.05) is 18.4 Å². The first-order valence-corrected chi connectivity index (χ1v) is 8.36. The third kappa shape index (κ3) is 3.03. The lowest BCUT2D eigenvalue weighted by Gasteiger charge is -2.34. The van der Waals surface area contributed by atoms with Crippen LogP contribution < -0.4 is 5.32 Å². The van der Waals surface area contributed by atoms with Gasteiger partial charge >= 0.3 is 0 Å². The van der Waals surface area contributed by atoms with Crippen molar-refractivity contribution in [3.8, 4) is 0 Å². The number of amides is 1. The number of nitrogens with zero attached hydrogens (tertiary/aromatic N) is 1. The van der Waals surface area contributed by atoms with Gasteiger partial charge in [0.05, 0.1) is 12.1 Å². The maximum atomic E-state index is 12.5. The lowest BCUT2D eigenvalue weighted by molar-refractivity contribution is -0.128. The van der Waals surface area contributed by atoms with E-state index in [2.05, 4.69) is 24.1 Å². The standard InChI is InChI=1S/C18H26N2O2/c1-12(2)20-9-7-13(8-10-20)18(22)19-17-15-6-4-3-5-14(15)11-16(17)21/h3-6,12-13,16-17,21H,7-11H2,1-2H3,(H,19,22). The smallest absolute Gasteiger partial charge is 0.223 e. The van der Waals surface area contributed by atoms with Crippen LogP contribution in [0.1, 0.15) is 43.9 Å². The monoisotopic (exact) mass is 302 g/mol. The lowest BCUT2D eigenvalue weighted by atomic mass is 9.94. The van der Waals surface area contributed by atoms with Gasteiger partial charge in [-0.1, -0.05) is 24.3 Å². The van der Waals surface area contributed by atoms with Gasteiger partial charge in [0.25, 0.3) is 0 Å². The molecule has 22 heavy (non-hydrogen) atoms. The number of aliphatic hydroxyl groups is 1. The second kappa shape index (κ2) is 6.39. The number of aliphatic hydroxyl groups excluding tert-OH is 1. The largest absolute Gasteiger partial charge is 0.390 e. The Kier molecular flexibility index (Phi) is 4.50. The summed E-state index contributed by atoms with van der Waals surface area (Å²) in [7, 11) is 0. The van der Waals surface area contributed by atoms with Gasteiger partial charge < -0.3 is 15.3 Å². The van der Waals surface area contributed by atoms with Crippen molar-refractivity contribution in [1.82, 2.24) is 10.2 Å². The Balaban J connectivity index is 1.61. The Morgan fingerprint density at radius 2 is 1.95 bits per heavy atom. The van der Waals surface area contributed by atoms with E-state index in [-0.39, 0.29) is 17.9 Å². The summed E-state index contributed by atoms with van der Waals surface area (Å²) in [5.41, 5.74) is 2.22. The molecule has 1 aliphatic heterocycles. The molecule has 1 saturated heterocycles. The Morgan fingerprint density at radius 1 is 1.27 bits per heavy atom. The zero-order valence-corrected chi connectivity index (χ0v) is 13.5. The third-order valence-corrected chi connectivity index (χ3v) is 5.13. The highest BCUT2D eigenvalue weighted by Crippen LogP contribution is 2.32. The van der Waals surface area contributed by atoms with E-state index in [1.165, 1.54) is 0 Å². The molecule has 1 fully saturated rings. The number of nitrogens with one attached hydrogen (secondary N) is 1. The number of carbonyl (C=O) groups is 1. The van der Waals surface area contributed by atoms with Crippen molar-refractivity contribution in [3.05, 3.63) is 35.4 Å². The maximum Gasteiger partial charge on any atom is 0.223 e. The molecule has 1 aromatic rings. The number of likely N-dealkylation sites (tertiary alicyclic amines) is 1. The number of carbonyl (C=O) groups excluding carboxylic acids is 1. The fourth-order valence-electron chi connectivity index (χ4n) is 3.70. The molecule has 2 aliphatic rings. The molecule has 4 nitrogen and oxygen atoms in total. The van der Waals surface area contributed by atoms with Gasteiger partial charge in [-0.3, -0.25) is 4.79 Å². The number of piperidine rings is 1. The first-order chi connectivity index (χ1) is 10.6. The number of fused-ring (bicyclic) bond motifs is 1. The summed E-state index contributed by atoms with van der Waals surface area (Å²) in [6.07, 6.45) is 1.95. The van der Waals surface area contributed by atoms with Gasteiger partial charge in [0.15, 0.2) is 0 Å². The summed E-state index contributed by atoms with van der Waals surface area (Å²) < 4.78 is 0. The Hall–Kier alpha value is -1.39. The molecule has 0 aromatic heterocycles. The van der Waals surface area contributed by atoms with E-state index in [1.807, 2.05) is 24.3 Å². The van der Waals surface area contributed by atoms with Crippen LogP contribution in [0.3, 0.4) is 0 Å². The summed E-state index contributed by atoms with van der Waals surface area (Å²) in [5.74, 6) is 0.180. The molecular formula is C18H26N2O2. The van der Waals surface area contributed by atoms with Crippen molar-refractivity contribution >= 4 is 5.91 Å². The van der Waals surface area contributed by atoms with Crippen molar-refractivity contribution in [2.75, 3.05) is 13.1 Å². The molecule has 120 valence electrons. The van der Waals surface area contributed by atoms with E-state index >= 15 is 0 Å². The highest BCUT2D eigenvalue weighted by atomic mass is 16.3. The molecule has 3 rings (SSSR count). The molecule has 2 N–H and O–H groups in total. The van der Waals surface area contributed by atoms with E-state index in [4.69, 9.17) is 0 Å². The van der Waals surface area contributed by atoms with Gasteiger partial charge in [-0.05, 0) is 50.9 Å². The molecule has 1 aromatic carbocycles. The average Bonchev–Trinajstić information content (AvgIpc) is 2.83. The molecule has 2 atom stereocenters. The lowest BCUT2D eigenvalue weighted by Crippen LogP contribution is -2.44. The zero-order chi connectivity index (χ0) is 15.7. The van der Waals surface area contributed by atoms with E-state index in [9.17, 15) is 9.90 Å². The number of rotatable bonds is 3. The molecule has 2 unspecified atom stereocenters. The quantitative estimate of drug-likeness (QED) is 0.896. The molecule has 1 aliphatic carbocycles. The summed E-state index contributed by atoms with van der Waals surface area (Å²) >= 11 is 0. The highest BCUT2D eigenvalue weighted by Gasteiger charge is 2.34. The molecule has 0 saturated carbocycles. The van der Waals surface area contributed by atoms with Crippen LogP contribution >= 0.6 is 0 Å². The maximum absolute atomic E-state index is 12.5. The van der Waals surface area contributed by atoms with Crippen LogP contribution in [0, 0.1) is 5.92 Å². The Bertz CT molecular complexity index is 536. The third-order valence-electron chi connectivity index (χ3n) is 5.13. The van der Waals surface area contributed by atoms with Crippen molar-refractivity contribution in [2.24, 2.45) is 5.92 Å². The van der Waals surface area contributed by atoms with E-state index in [0.717, 1.165) is 37.1 Å². The fourth-order valence-corrected chi connectivity index (χ4v) is 3.70. The molecular weight excluding hydrogens is 276 g/mol. The second-order valence-corrected chi connectivity index (χ2v) is 6.86.